The molecule has 32 heavy (non-hydrogen) atoms. The first-order valence-corrected chi connectivity index (χ1v) is 11.4. The molecule has 1 aliphatic heterocycles. The Hall–Kier alpha value is -2.96. The summed E-state index contributed by atoms with van der Waals surface area (Å²) in [6, 6.07) is 7.74. The van der Waals surface area contributed by atoms with Crippen LogP contribution in [0.3, 0.4) is 0 Å². The number of benzene rings is 1. The quantitative estimate of drug-likeness (QED) is 0.696. The number of fused-ring (bicyclic) bond motifs is 1. The summed E-state index contributed by atoms with van der Waals surface area (Å²) >= 11 is 0. The Morgan fingerprint density at radius 1 is 1.28 bits per heavy atom. The lowest BCUT2D eigenvalue weighted by Crippen LogP contribution is -2.37. The fraction of sp³-hybridized carbons (Fsp3) is 0.520. The van der Waals surface area contributed by atoms with Gasteiger partial charge in [0.15, 0.2) is 0 Å². The molecule has 2 fully saturated rings. The van der Waals surface area contributed by atoms with Crippen LogP contribution < -0.4 is 9.64 Å². The van der Waals surface area contributed by atoms with Crippen molar-refractivity contribution < 1.29 is 14.3 Å². The van der Waals surface area contributed by atoms with Crippen LogP contribution in [0.2, 0.25) is 0 Å². The lowest BCUT2D eigenvalue weighted by atomic mass is 9.79. The predicted octanol–water partition coefficient (Wildman–Crippen LogP) is 3.42. The minimum atomic E-state index is 0.0544. The molecule has 1 aromatic heterocycles. The van der Waals surface area contributed by atoms with Gasteiger partial charge in [-0.25, -0.2) is 9.97 Å². The Labute approximate surface area is 188 Å². The molecule has 1 aromatic carbocycles. The molecule has 2 amide bonds. The molecule has 2 aliphatic carbocycles. The lowest BCUT2D eigenvalue weighted by Gasteiger charge is -2.30. The summed E-state index contributed by atoms with van der Waals surface area (Å²) in [7, 11) is 3.47. The number of nitrogens with zero attached hydrogens (tertiary/aromatic N) is 4. The zero-order valence-corrected chi connectivity index (χ0v) is 19.1. The van der Waals surface area contributed by atoms with Crippen LogP contribution in [0.15, 0.2) is 24.3 Å². The fourth-order valence-electron chi connectivity index (χ4n) is 5.26. The minimum absolute atomic E-state index is 0.0544. The number of anilines is 1. The molecule has 7 heteroatoms. The number of rotatable bonds is 6. The molecule has 3 aliphatic rings. The van der Waals surface area contributed by atoms with Gasteiger partial charge in [0.05, 0.1) is 20.2 Å². The van der Waals surface area contributed by atoms with Crippen LogP contribution in [-0.4, -0.2) is 40.8 Å². The molecule has 2 saturated carbocycles. The zero-order valence-electron chi connectivity index (χ0n) is 19.1. The van der Waals surface area contributed by atoms with E-state index in [1.807, 2.05) is 38.2 Å². The number of carbonyl (C=O) groups is 2. The van der Waals surface area contributed by atoms with Gasteiger partial charge in [0.1, 0.15) is 17.4 Å². The van der Waals surface area contributed by atoms with E-state index in [1.54, 1.807) is 16.9 Å². The highest BCUT2D eigenvalue weighted by Gasteiger charge is 2.61. The van der Waals surface area contributed by atoms with Crippen LogP contribution in [0, 0.1) is 18.3 Å². The number of amides is 2. The molecule has 2 aromatic rings. The molecular formula is C25H30N4O3. The summed E-state index contributed by atoms with van der Waals surface area (Å²) in [5, 5.41) is 0. The largest absolute Gasteiger partial charge is 0.497 e. The van der Waals surface area contributed by atoms with Crippen LogP contribution in [-0.2, 0) is 29.1 Å². The van der Waals surface area contributed by atoms with Gasteiger partial charge in [-0.05, 0) is 55.7 Å². The van der Waals surface area contributed by atoms with Crippen molar-refractivity contribution in [1.82, 2.24) is 14.9 Å². The van der Waals surface area contributed by atoms with Crippen molar-refractivity contribution in [2.45, 2.75) is 58.5 Å². The number of carbonyl (C=O) groups excluding carboxylic acids is 2. The molecule has 168 valence electrons. The predicted molar refractivity (Wildman–Crippen MR) is 120 cm³/mol. The van der Waals surface area contributed by atoms with Gasteiger partial charge in [-0.1, -0.05) is 18.6 Å². The molecule has 7 nitrogen and oxygen atoms in total. The molecule has 0 N–H and O–H groups in total. The Morgan fingerprint density at radius 3 is 2.78 bits per heavy atom. The number of aromatic nitrogens is 2. The van der Waals surface area contributed by atoms with Gasteiger partial charge >= 0.3 is 0 Å². The second-order valence-corrected chi connectivity index (χ2v) is 9.53. The summed E-state index contributed by atoms with van der Waals surface area (Å²) < 4.78 is 5.33. The third-order valence-corrected chi connectivity index (χ3v) is 7.45. The molecule has 1 spiro atoms. The van der Waals surface area contributed by atoms with Gasteiger partial charge in [-0.2, -0.15) is 0 Å². The monoisotopic (exact) mass is 434 g/mol. The molecule has 2 heterocycles. The van der Waals surface area contributed by atoms with Gasteiger partial charge in [0.2, 0.25) is 11.8 Å². The second-order valence-electron chi connectivity index (χ2n) is 9.53. The van der Waals surface area contributed by atoms with E-state index >= 15 is 0 Å². The van der Waals surface area contributed by atoms with Crippen molar-refractivity contribution in [3.05, 3.63) is 46.9 Å². The molecule has 0 radical (unpaired) electrons. The Morgan fingerprint density at radius 2 is 2.09 bits per heavy atom. The van der Waals surface area contributed by atoms with E-state index < -0.39 is 0 Å². The highest BCUT2D eigenvalue weighted by Crippen LogP contribution is 2.65. The zero-order chi connectivity index (χ0) is 22.5. The van der Waals surface area contributed by atoms with E-state index in [4.69, 9.17) is 14.7 Å². The summed E-state index contributed by atoms with van der Waals surface area (Å²) in [4.78, 5) is 38.7. The first-order chi connectivity index (χ1) is 15.4. The number of hydrogen-bond acceptors (Lipinski definition) is 5. The highest BCUT2D eigenvalue weighted by molar-refractivity contribution is 5.95. The van der Waals surface area contributed by atoms with E-state index in [0.29, 0.717) is 43.0 Å². The van der Waals surface area contributed by atoms with Crippen molar-refractivity contribution in [3.8, 4) is 5.75 Å². The van der Waals surface area contributed by atoms with E-state index in [2.05, 4.69) is 0 Å². The molecular weight excluding hydrogens is 404 g/mol. The molecule has 5 rings (SSSR count). The van der Waals surface area contributed by atoms with E-state index in [1.165, 1.54) is 19.3 Å². The molecule has 0 bridgehead atoms. The van der Waals surface area contributed by atoms with Gasteiger partial charge in [0, 0.05) is 30.6 Å². The summed E-state index contributed by atoms with van der Waals surface area (Å²) in [5.74, 6) is 2.45. The van der Waals surface area contributed by atoms with E-state index in [-0.39, 0.29) is 17.7 Å². The summed E-state index contributed by atoms with van der Waals surface area (Å²) in [6.07, 6.45) is 5.75. The van der Waals surface area contributed by atoms with Crippen molar-refractivity contribution in [3.63, 3.8) is 0 Å². The third-order valence-electron chi connectivity index (χ3n) is 7.45. The average molecular weight is 435 g/mol. The second kappa shape index (κ2) is 7.87. The van der Waals surface area contributed by atoms with Crippen LogP contribution >= 0.6 is 0 Å². The Balaban J connectivity index is 1.38. The molecule has 1 unspecified atom stereocenters. The van der Waals surface area contributed by atoms with Gasteiger partial charge in [0.25, 0.3) is 0 Å². The van der Waals surface area contributed by atoms with Crippen LogP contribution in [0.4, 0.5) is 5.82 Å². The number of ether oxygens (including phenoxy) is 1. The standard InChI is InChI=1S/C25H30N4O3/c1-16-19-8-9-22(30)29(14-17-6-4-7-18(12-17)32-3)23(19)27-21(26-16)15-28(2)24(31)20-13-25(20)10-5-11-25/h4,6-7,12,20H,5,8-11,13-15H2,1-3H3. The van der Waals surface area contributed by atoms with E-state index in [9.17, 15) is 9.59 Å². The summed E-state index contributed by atoms with van der Waals surface area (Å²) in [5.41, 5.74) is 3.18. The Kier molecular flexibility index (Phi) is 5.14. The van der Waals surface area contributed by atoms with Crippen molar-refractivity contribution >= 4 is 17.6 Å². The maximum Gasteiger partial charge on any atom is 0.228 e. The smallest absolute Gasteiger partial charge is 0.228 e. The number of aryl methyl sites for hydroxylation is 1. The average Bonchev–Trinajstić information content (AvgIpc) is 3.52. The first-order valence-electron chi connectivity index (χ1n) is 11.4. The molecule has 0 saturated heterocycles. The van der Waals surface area contributed by atoms with Gasteiger partial charge < -0.3 is 9.64 Å². The fourth-order valence-corrected chi connectivity index (χ4v) is 5.26. The topological polar surface area (TPSA) is 75.6 Å². The maximum atomic E-state index is 12.9. The van der Waals surface area contributed by atoms with Crippen LogP contribution in [0.25, 0.3) is 0 Å². The van der Waals surface area contributed by atoms with Gasteiger partial charge in [-0.3, -0.25) is 14.5 Å². The third kappa shape index (κ3) is 3.63. The minimum Gasteiger partial charge on any atom is -0.497 e. The molecule has 1 atom stereocenters. The van der Waals surface area contributed by atoms with E-state index in [0.717, 1.165) is 29.0 Å². The number of hydrogen-bond donors (Lipinski definition) is 0. The normalized spacial score (nSPS) is 20.5. The summed E-state index contributed by atoms with van der Waals surface area (Å²) in [6.45, 7) is 2.76. The highest BCUT2D eigenvalue weighted by atomic mass is 16.5. The Bertz CT molecular complexity index is 1080. The SMILES string of the molecule is COc1cccc(CN2C(=O)CCc3c(C)nc(CN(C)C(=O)C4CC45CCC5)nc32)c1. The van der Waals surface area contributed by atoms with Crippen molar-refractivity contribution in [2.24, 2.45) is 11.3 Å². The van der Waals surface area contributed by atoms with Crippen molar-refractivity contribution in [2.75, 3.05) is 19.1 Å². The number of methoxy groups -OCH3 is 1. The first kappa shape index (κ1) is 20.9. The maximum absolute atomic E-state index is 12.9. The van der Waals surface area contributed by atoms with Crippen LogP contribution in [0.5, 0.6) is 5.75 Å². The lowest BCUT2D eigenvalue weighted by molar-refractivity contribution is -0.133. The van der Waals surface area contributed by atoms with Crippen LogP contribution in [0.1, 0.15) is 54.7 Å². The van der Waals surface area contributed by atoms with Crippen molar-refractivity contribution in [1.29, 1.82) is 0 Å². The van der Waals surface area contributed by atoms with Gasteiger partial charge in [-0.15, -0.1) is 0 Å².